The number of carbonyl (C=O) groups excluding carboxylic acids is 1. The smallest absolute Gasteiger partial charge is 0.349 e. The van der Waals surface area contributed by atoms with Crippen molar-refractivity contribution in [3.05, 3.63) is 40.7 Å². The van der Waals surface area contributed by atoms with E-state index >= 15 is 0 Å². The van der Waals surface area contributed by atoms with Crippen LogP contribution in [0.3, 0.4) is 0 Å². The monoisotopic (exact) mass is 266 g/mol. The van der Waals surface area contributed by atoms with Crippen molar-refractivity contribution in [2.75, 3.05) is 12.4 Å². The lowest BCUT2D eigenvalue weighted by molar-refractivity contribution is 0.0606. The molecule has 0 aliphatic carbocycles. The number of ether oxygens (including phenoxy) is 1. The molecule has 0 aliphatic heterocycles. The summed E-state index contributed by atoms with van der Waals surface area (Å²) in [7, 11) is 1.32. The first-order valence-corrected chi connectivity index (χ1v) is 5.99. The molecule has 6 heteroatoms. The molecule has 0 saturated carbocycles. The summed E-state index contributed by atoms with van der Waals surface area (Å²) in [5.41, 5.74) is 1.27. The fourth-order valence-electron chi connectivity index (χ4n) is 1.37. The van der Waals surface area contributed by atoms with E-state index in [-0.39, 0.29) is 5.82 Å². The third-order valence-corrected chi connectivity index (χ3v) is 3.19. The molecule has 1 heterocycles. The highest BCUT2D eigenvalue weighted by Gasteiger charge is 2.10. The van der Waals surface area contributed by atoms with Gasteiger partial charge < -0.3 is 10.1 Å². The summed E-state index contributed by atoms with van der Waals surface area (Å²) in [5, 5.41) is 3.56. The maximum atomic E-state index is 13.1. The molecular formula is C12H11FN2O2S. The molecule has 1 aromatic heterocycles. The van der Waals surface area contributed by atoms with Crippen LogP contribution in [-0.2, 0) is 4.74 Å². The van der Waals surface area contributed by atoms with Crippen LogP contribution in [-0.4, -0.2) is 18.1 Å². The molecule has 0 atom stereocenters. The maximum absolute atomic E-state index is 13.1. The molecule has 0 saturated heterocycles. The van der Waals surface area contributed by atoms with Gasteiger partial charge in [-0.05, 0) is 30.7 Å². The van der Waals surface area contributed by atoms with Crippen LogP contribution >= 0.6 is 11.3 Å². The van der Waals surface area contributed by atoms with E-state index in [2.05, 4.69) is 15.0 Å². The first-order chi connectivity index (χ1) is 8.60. The second-order valence-corrected chi connectivity index (χ2v) is 4.64. The van der Waals surface area contributed by atoms with Crippen LogP contribution in [0, 0.1) is 12.7 Å². The normalized spacial score (nSPS) is 10.2. The molecule has 1 N–H and O–H groups in total. The number of anilines is 2. The quantitative estimate of drug-likeness (QED) is 0.867. The molecule has 2 rings (SSSR count). The van der Waals surface area contributed by atoms with Gasteiger partial charge in [0, 0.05) is 5.69 Å². The van der Waals surface area contributed by atoms with Gasteiger partial charge in [0.1, 0.15) is 10.7 Å². The third kappa shape index (κ3) is 2.65. The Balaban J connectivity index is 2.16. The van der Waals surface area contributed by atoms with Gasteiger partial charge in [-0.2, -0.15) is 0 Å². The van der Waals surface area contributed by atoms with Crippen molar-refractivity contribution in [3.8, 4) is 0 Å². The zero-order valence-corrected chi connectivity index (χ0v) is 10.7. The number of methoxy groups -OCH3 is 1. The van der Waals surface area contributed by atoms with E-state index in [9.17, 15) is 9.18 Å². The molecule has 0 amide bonds. The Labute approximate surface area is 107 Å². The van der Waals surface area contributed by atoms with Gasteiger partial charge in [-0.15, -0.1) is 0 Å². The van der Waals surface area contributed by atoms with E-state index in [1.165, 1.54) is 30.7 Å². The van der Waals surface area contributed by atoms with Crippen LogP contribution in [0.5, 0.6) is 0 Å². The molecule has 94 valence electrons. The topological polar surface area (TPSA) is 51.2 Å². The van der Waals surface area contributed by atoms with Gasteiger partial charge in [0.05, 0.1) is 13.3 Å². The second kappa shape index (κ2) is 5.14. The van der Waals surface area contributed by atoms with E-state index in [0.717, 1.165) is 5.69 Å². The minimum absolute atomic E-state index is 0.255. The summed E-state index contributed by atoms with van der Waals surface area (Å²) in [6, 6.07) is 4.67. The van der Waals surface area contributed by atoms with Crippen LogP contribution in [0.1, 0.15) is 15.2 Å². The predicted molar refractivity (Wildman–Crippen MR) is 67.9 cm³/mol. The maximum Gasteiger partial charge on any atom is 0.349 e. The molecule has 0 unspecified atom stereocenters. The highest BCUT2D eigenvalue weighted by atomic mass is 32.1. The van der Waals surface area contributed by atoms with E-state index in [1.807, 2.05) is 0 Å². The van der Waals surface area contributed by atoms with Crippen LogP contribution < -0.4 is 5.32 Å². The van der Waals surface area contributed by atoms with Gasteiger partial charge in [-0.3, -0.25) is 0 Å². The molecule has 0 fully saturated rings. The van der Waals surface area contributed by atoms with Gasteiger partial charge in [-0.25, -0.2) is 14.2 Å². The largest absolute Gasteiger partial charge is 0.465 e. The predicted octanol–water partition coefficient (Wildman–Crippen LogP) is 3.12. The minimum atomic E-state index is -0.421. The Morgan fingerprint density at radius 2 is 2.28 bits per heavy atom. The number of aromatic nitrogens is 1. The Morgan fingerprint density at radius 3 is 2.94 bits per heavy atom. The van der Waals surface area contributed by atoms with Crippen molar-refractivity contribution < 1.29 is 13.9 Å². The number of aryl methyl sites for hydroxylation is 1. The molecule has 18 heavy (non-hydrogen) atoms. The molecule has 0 aliphatic rings. The van der Waals surface area contributed by atoms with Crippen molar-refractivity contribution in [2.45, 2.75) is 6.92 Å². The van der Waals surface area contributed by atoms with Crippen LogP contribution in [0.15, 0.2) is 24.4 Å². The van der Waals surface area contributed by atoms with Gasteiger partial charge >= 0.3 is 5.97 Å². The lowest BCUT2D eigenvalue weighted by atomic mass is 10.2. The van der Waals surface area contributed by atoms with Crippen molar-refractivity contribution in [2.24, 2.45) is 0 Å². The van der Waals surface area contributed by atoms with E-state index in [0.29, 0.717) is 15.6 Å². The van der Waals surface area contributed by atoms with Gasteiger partial charge in [0.15, 0.2) is 5.13 Å². The van der Waals surface area contributed by atoms with Crippen LogP contribution in [0.2, 0.25) is 0 Å². The average Bonchev–Trinajstić information content (AvgIpc) is 2.81. The standard InChI is InChI=1S/C12H11FN2O2S/c1-7-5-8(3-4-9(7)13)15-12-14-6-10(18-12)11(16)17-2/h3-6H,1-2H3,(H,14,15). The van der Waals surface area contributed by atoms with Crippen LogP contribution in [0.4, 0.5) is 15.2 Å². The van der Waals surface area contributed by atoms with Gasteiger partial charge in [0.2, 0.25) is 0 Å². The van der Waals surface area contributed by atoms with E-state index < -0.39 is 5.97 Å². The van der Waals surface area contributed by atoms with Gasteiger partial charge in [0.25, 0.3) is 0 Å². The zero-order valence-electron chi connectivity index (χ0n) is 9.86. The molecular weight excluding hydrogens is 255 g/mol. The number of thiazole rings is 1. The number of benzene rings is 1. The number of carbonyl (C=O) groups is 1. The van der Waals surface area contributed by atoms with Crippen molar-refractivity contribution in [1.82, 2.24) is 4.98 Å². The summed E-state index contributed by atoms with van der Waals surface area (Å²) < 4.78 is 17.7. The summed E-state index contributed by atoms with van der Waals surface area (Å²) in [5.74, 6) is -0.675. The fraction of sp³-hybridized carbons (Fsp3) is 0.167. The highest BCUT2D eigenvalue weighted by molar-refractivity contribution is 7.17. The third-order valence-electron chi connectivity index (χ3n) is 2.30. The molecule has 0 spiro atoms. The highest BCUT2D eigenvalue weighted by Crippen LogP contribution is 2.24. The Bertz CT molecular complexity index is 583. The summed E-state index contributed by atoms with van der Waals surface area (Å²) in [6.07, 6.45) is 1.44. The Morgan fingerprint density at radius 1 is 1.50 bits per heavy atom. The second-order valence-electron chi connectivity index (χ2n) is 3.61. The number of nitrogens with zero attached hydrogens (tertiary/aromatic N) is 1. The van der Waals surface area contributed by atoms with E-state index in [1.54, 1.807) is 19.1 Å². The Kier molecular flexibility index (Phi) is 3.57. The number of hydrogen-bond donors (Lipinski definition) is 1. The average molecular weight is 266 g/mol. The summed E-state index contributed by atoms with van der Waals surface area (Å²) in [6.45, 7) is 1.68. The molecule has 0 radical (unpaired) electrons. The SMILES string of the molecule is COC(=O)c1cnc(Nc2ccc(F)c(C)c2)s1. The number of halogens is 1. The summed E-state index contributed by atoms with van der Waals surface area (Å²) >= 11 is 1.18. The lowest BCUT2D eigenvalue weighted by Crippen LogP contribution is -1.96. The number of nitrogens with one attached hydrogen (secondary N) is 1. The number of esters is 1. The number of rotatable bonds is 3. The fourth-order valence-corrected chi connectivity index (χ4v) is 2.13. The van der Waals surface area contributed by atoms with E-state index in [4.69, 9.17) is 0 Å². The number of hydrogen-bond acceptors (Lipinski definition) is 5. The lowest BCUT2D eigenvalue weighted by Gasteiger charge is -2.03. The van der Waals surface area contributed by atoms with Crippen molar-refractivity contribution in [1.29, 1.82) is 0 Å². The molecule has 2 aromatic rings. The Hall–Kier alpha value is -1.95. The first-order valence-electron chi connectivity index (χ1n) is 5.17. The van der Waals surface area contributed by atoms with Crippen molar-refractivity contribution >= 4 is 28.1 Å². The van der Waals surface area contributed by atoms with Gasteiger partial charge in [-0.1, -0.05) is 11.3 Å². The minimum Gasteiger partial charge on any atom is -0.465 e. The molecule has 0 bridgehead atoms. The first kappa shape index (κ1) is 12.5. The van der Waals surface area contributed by atoms with Crippen molar-refractivity contribution in [3.63, 3.8) is 0 Å². The molecule has 1 aromatic carbocycles. The zero-order chi connectivity index (χ0) is 13.1. The summed E-state index contributed by atoms with van der Waals surface area (Å²) in [4.78, 5) is 15.7. The molecule has 4 nitrogen and oxygen atoms in total. The van der Waals surface area contributed by atoms with Crippen LogP contribution in [0.25, 0.3) is 0 Å².